The number of hydrogen-bond donors (Lipinski definition) is 0. The van der Waals surface area contributed by atoms with E-state index in [4.69, 9.17) is 9.47 Å². The summed E-state index contributed by atoms with van der Waals surface area (Å²) in [6.45, 7) is 2.94. The van der Waals surface area contributed by atoms with Crippen molar-refractivity contribution in [3.8, 4) is 0 Å². The van der Waals surface area contributed by atoms with Crippen molar-refractivity contribution in [1.82, 2.24) is 0 Å². The minimum atomic E-state index is -0.276. The molecule has 0 saturated heterocycles. The molecule has 122 valence electrons. The summed E-state index contributed by atoms with van der Waals surface area (Å²) in [7, 11) is 0. The Labute approximate surface area is 137 Å². The number of rotatable bonds is 6. The highest BCUT2D eigenvalue weighted by Gasteiger charge is 2.48. The molecule has 1 aromatic carbocycles. The summed E-state index contributed by atoms with van der Waals surface area (Å²) < 4.78 is 11.2. The number of allylic oxidation sites excluding steroid dienone is 1. The van der Waals surface area contributed by atoms with E-state index in [0.29, 0.717) is 18.8 Å². The summed E-state index contributed by atoms with van der Waals surface area (Å²) in [5.74, 6) is 2.35. The van der Waals surface area contributed by atoms with Crippen LogP contribution >= 0.6 is 0 Å². The number of carbonyl (C=O) groups is 1. The highest BCUT2D eigenvalue weighted by atomic mass is 16.6. The lowest BCUT2D eigenvalue weighted by Crippen LogP contribution is -2.44. The van der Waals surface area contributed by atoms with Crippen LogP contribution in [-0.2, 0) is 9.47 Å². The molecule has 0 radical (unpaired) electrons. The number of hydrogen-bond acceptors (Lipinski definition) is 3. The SMILES string of the molecule is CC(OCCOC(=O)c1ccccc1)C1=C2C3CC(C1)CC2C3. The third kappa shape index (κ3) is 2.83. The Hall–Kier alpha value is -1.61. The van der Waals surface area contributed by atoms with Gasteiger partial charge in [0, 0.05) is 0 Å². The lowest BCUT2D eigenvalue weighted by atomic mass is 9.51. The fourth-order valence-corrected chi connectivity index (χ4v) is 4.76. The van der Waals surface area contributed by atoms with Crippen LogP contribution in [0.1, 0.15) is 43.0 Å². The molecule has 4 bridgehead atoms. The van der Waals surface area contributed by atoms with Gasteiger partial charge in [0.2, 0.25) is 0 Å². The minimum absolute atomic E-state index is 0.175. The first kappa shape index (κ1) is 14.9. The van der Waals surface area contributed by atoms with Crippen LogP contribution in [0, 0.1) is 17.8 Å². The van der Waals surface area contributed by atoms with E-state index in [1.807, 2.05) is 18.2 Å². The van der Waals surface area contributed by atoms with Crippen molar-refractivity contribution < 1.29 is 14.3 Å². The second kappa shape index (κ2) is 6.12. The normalized spacial score (nSPS) is 29.2. The maximum absolute atomic E-state index is 11.9. The Bertz CT molecular complexity index is 605. The van der Waals surface area contributed by atoms with E-state index in [-0.39, 0.29) is 12.1 Å². The van der Waals surface area contributed by atoms with Crippen LogP contribution in [0.25, 0.3) is 0 Å². The van der Waals surface area contributed by atoms with E-state index >= 15 is 0 Å². The maximum Gasteiger partial charge on any atom is 0.338 e. The third-order valence-electron chi connectivity index (χ3n) is 5.75. The van der Waals surface area contributed by atoms with Gasteiger partial charge >= 0.3 is 5.97 Å². The van der Waals surface area contributed by atoms with Gasteiger partial charge in [0.25, 0.3) is 0 Å². The van der Waals surface area contributed by atoms with Gasteiger partial charge in [-0.05, 0) is 68.1 Å². The fraction of sp³-hybridized carbons (Fsp3) is 0.550. The Morgan fingerprint density at radius 1 is 1.13 bits per heavy atom. The molecule has 3 nitrogen and oxygen atoms in total. The van der Waals surface area contributed by atoms with Crippen LogP contribution < -0.4 is 0 Å². The first-order valence-electron chi connectivity index (χ1n) is 8.79. The Balaban J connectivity index is 1.25. The molecule has 3 unspecified atom stereocenters. The van der Waals surface area contributed by atoms with Crippen molar-refractivity contribution in [1.29, 1.82) is 0 Å². The Morgan fingerprint density at radius 3 is 2.57 bits per heavy atom. The van der Waals surface area contributed by atoms with Gasteiger partial charge in [0.05, 0.1) is 18.3 Å². The quantitative estimate of drug-likeness (QED) is 0.452. The molecule has 0 spiro atoms. The number of esters is 1. The molecule has 5 aliphatic carbocycles. The average molecular weight is 312 g/mol. The zero-order valence-corrected chi connectivity index (χ0v) is 13.7. The summed E-state index contributed by atoms with van der Waals surface area (Å²) in [4.78, 5) is 11.9. The lowest BCUT2D eigenvalue weighted by molar-refractivity contribution is 0.0145. The van der Waals surface area contributed by atoms with E-state index in [9.17, 15) is 4.79 Å². The predicted molar refractivity (Wildman–Crippen MR) is 88.1 cm³/mol. The van der Waals surface area contributed by atoms with Gasteiger partial charge in [0.1, 0.15) is 6.61 Å². The fourth-order valence-electron chi connectivity index (χ4n) is 4.76. The minimum Gasteiger partial charge on any atom is -0.460 e. The number of benzene rings is 1. The van der Waals surface area contributed by atoms with E-state index in [0.717, 1.165) is 17.8 Å². The molecular formula is C20H24O3. The van der Waals surface area contributed by atoms with Crippen LogP contribution in [0.2, 0.25) is 0 Å². The molecule has 1 aromatic rings. The molecule has 3 atom stereocenters. The second-order valence-electron chi connectivity index (χ2n) is 7.17. The first-order valence-corrected chi connectivity index (χ1v) is 8.79. The molecule has 23 heavy (non-hydrogen) atoms. The Kier molecular flexibility index (Phi) is 3.98. The number of fused-ring (bicyclic) bond motifs is 1. The summed E-state index contributed by atoms with van der Waals surface area (Å²) in [5, 5.41) is 0. The van der Waals surface area contributed by atoms with Crippen LogP contribution in [0.4, 0.5) is 0 Å². The summed E-state index contributed by atoms with van der Waals surface area (Å²) in [6.07, 6.45) is 5.64. The van der Waals surface area contributed by atoms with Gasteiger partial charge in [-0.2, -0.15) is 0 Å². The van der Waals surface area contributed by atoms with Crippen LogP contribution in [0.5, 0.6) is 0 Å². The largest absolute Gasteiger partial charge is 0.460 e. The molecular weight excluding hydrogens is 288 g/mol. The zero-order valence-electron chi connectivity index (χ0n) is 13.7. The lowest BCUT2D eigenvalue weighted by Gasteiger charge is -2.54. The molecule has 3 fully saturated rings. The molecule has 0 N–H and O–H groups in total. The standard InChI is InChI=1S/C20H24O3/c1-13(18-11-14-9-16-12-17(10-14)19(16)18)22-7-8-23-20(21)15-5-3-2-4-6-15/h2-6,13-14,16-17H,7-12H2,1H3. The smallest absolute Gasteiger partial charge is 0.338 e. The zero-order chi connectivity index (χ0) is 15.8. The average Bonchev–Trinajstić information content (AvgIpc) is 2.58. The number of ether oxygens (including phenoxy) is 2. The van der Waals surface area contributed by atoms with Crippen molar-refractivity contribution in [3.05, 3.63) is 47.0 Å². The van der Waals surface area contributed by atoms with Gasteiger partial charge in [0.15, 0.2) is 0 Å². The maximum atomic E-state index is 11.9. The summed E-state index contributed by atoms with van der Waals surface area (Å²) in [5.41, 5.74) is 3.87. The van der Waals surface area contributed by atoms with Crippen molar-refractivity contribution >= 4 is 5.97 Å². The van der Waals surface area contributed by atoms with Crippen LogP contribution in [-0.4, -0.2) is 25.3 Å². The first-order chi connectivity index (χ1) is 11.2. The van der Waals surface area contributed by atoms with Crippen LogP contribution in [0.15, 0.2) is 41.5 Å². The number of carbonyl (C=O) groups excluding carboxylic acids is 1. The molecule has 3 heteroatoms. The van der Waals surface area contributed by atoms with Crippen molar-refractivity contribution in [2.24, 2.45) is 17.8 Å². The summed E-state index contributed by atoms with van der Waals surface area (Å²) in [6, 6.07) is 9.10. The van der Waals surface area contributed by atoms with Crippen molar-refractivity contribution in [2.75, 3.05) is 13.2 Å². The van der Waals surface area contributed by atoms with Crippen molar-refractivity contribution in [3.63, 3.8) is 0 Å². The van der Waals surface area contributed by atoms with Gasteiger partial charge in [-0.15, -0.1) is 0 Å². The highest BCUT2D eigenvalue weighted by molar-refractivity contribution is 5.89. The Morgan fingerprint density at radius 2 is 1.87 bits per heavy atom. The third-order valence-corrected chi connectivity index (χ3v) is 5.75. The molecule has 0 aliphatic heterocycles. The summed E-state index contributed by atoms with van der Waals surface area (Å²) >= 11 is 0. The van der Waals surface area contributed by atoms with E-state index < -0.39 is 0 Å². The van der Waals surface area contributed by atoms with E-state index in [1.165, 1.54) is 25.7 Å². The van der Waals surface area contributed by atoms with Gasteiger partial charge in [-0.25, -0.2) is 4.79 Å². The highest BCUT2D eigenvalue weighted by Crippen LogP contribution is 2.59. The van der Waals surface area contributed by atoms with E-state index in [1.54, 1.807) is 23.3 Å². The van der Waals surface area contributed by atoms with E-state index in [2.05, 4.69) is 6.92 Å². The molecule has 0 amide bonds. The monoisotopic (exact) mass is 312 g/mol. The van der Waals surface area contributed by atoms with Crippen molar-refractivity contribution in [2.45, 2.75) is 38.7 Å². The molecule has 0 heterocycles. The van der Waals surface area contributed by atoms with Crippen LogP contribution in [0.3, 0.4) is 0 Å². The predicted octanol–water partition coefficient (Wildman–Crippen LogP) is 3.99. The second-order valence-corrected chi connectivity index (χ2v) is 7.17. The topological polar surface area (TPSA) is 35.5 Å². The molecule has 5 aliphatic rings. The molecule has 3 saturated carbocycles. The van der Waals surface area contributed by atoms with Gasteiger partial charge < -0.3 is 9.47 Å². The van der Waals surface area contributed by atoms with Gasteiger partial charge in [-0.1, -0.05) is 23.8 Å². The molecule has 6 rings (SSSR count). The molecule has 0 aromatic heterocycles. The van der Waals surface area contributed by atoms with Gasteiger partial charge in [-0.3, -0.25) is 0 Å².